The van der Waals surface area contributed by atoms with E-state index >= 15 is 0 Å². The first-order valence-electron chi connectivity index (χ1n) is 9.59. The highest BCUT2D eigenvalue weighted by molar-refractivity contribution is 5.51. The summed E-state index contributed by atoms with van der Waals surface area (Å²) in [4.78, 5) is 0. The third-order valence-electron chi connectivity index (χ3n) is 4.42. The largest absolute Gasteiger partial charge is 0.493 e. The number of benzene rings is 2. The fourth-order valence-electron chi connectivity index (χ4n) is 2.75. The molecule has 0 aliphatic heterocycles. The summed E-state index contributed by atoms with van der Waals surface area (Å²) in [5.41, 5.74) is 2.43. The summed E-state index contributed by atoms with van der Waals surface area (Å²) in [5, 5.41) is 0. The fourth-order valence-corrected chi connectivity index (χ4v) is 2.75. The Balaban J connectivity index is 2.54. The van der Waals surface area contributed by atoms with E-state index < -0.39 is 0 Å². The van der Waals surface area contributed by atoms with Gasteiger partial charge in [0.15, 0.2) is 23.0 Å². The van der Waals surface area contributed by atoms with Gasteiger partial charge in [0.25, 0.3) is 0 Å². The molecule has 2 aromatic rings. The highest BCUT2D eigenvalue weighted by Gasteiger charge is 2.20. The highest BCUT2D eigenvalue weighted by Crippen LogP contribution is 2.41. The molecule has 0 radical (unpaired) electrons. The van der Waals surface area contributed by atoms with Gasteiger partial charge in [-0.15, -0.1) is 0 Å². The molecule has 0 saturated carbocycles. The van der Waals surface area contributed by atoms with Gasteiger partial charge in [0.05, 0.1) is 13.2 Å². The molecule has 0 atom stereocenters. The average Bonchev–Trinajstić information content (AvgIpc) is 2.54. The summed E-state index contributed by atoms with van der Waals surface area (Å²) in [5.74, 6) is 2.85. The minimum Gasteiger partial charge on any atom is -0.493 e. The number of ether oxygens (including phenoxy) is 3. The molecule has 0 N–H and O–H groups in total. The summed E-state index contributed by atoms with van der Waals surface area (Å²) in [6, 6.07) is 12.3. The van der Waals surface area contributed by atoms with Crippen LogP contribution < -0.4 is 14.2 Å². The summed E-state index contributed by atoms with van der Waals surface area (Å²) in [7, 11) is 1.66. The number of hydrogen-bond acceptors (Lipinski definition) is 3. The molecule has 27 heavy (non-hydrogen) atoms. The molecule has 3 nitrogen and oxygen atoms in total. The summed E-state index contributed by atoms with van der Waals surface area (Å²) in [6.07, 6.45) is 0.0654. The molecular weight excluding hydrogens is 336 g/mol. The first-order chi connectivity index (χ1) is 12.4. The van der Waals surface area contributed by atoms with Crippen molar-refractivity contribution in [1.82, 2.24) is 0 Å². The Labute approximate surface area is 164 Å². The van der Waals surface area contributed by atoms with Gasteiger partial charge in [-0.3, -0.25) is 0 Å². The minimum atomic E-state index is 0.0197. The van der Waals surface area contributed by atoms with Crippen molar-refractivity contribution < 1.29 is 14.2 Å². The molecule has 0 bridgehead atoms. The Bertz CT molecular complexity index is 777. The van der Waals surface area contributed by atoms with Gasteiger partial charge in [0.2, 0.25) is 0 Å². The third kappa shape index (κ3) is 5.41. The van der Waals surface area contributed by atoms with Crippen LogP contribution in [-0.2, 0) is 10.8 Å². The number of methoxy groups -OCH3 is 1. The Morgan fingerprint density at radius 3 is 1.52 bits per heavy atom. The molecule has 2 rings (SSSR count). The number of hydrogen-bond donors (Lipinski definition) is 0. The maximum Gasteiger partial charge on any atom is 0.169 e. The second-order valence-corrected chi connectivity index (χ2v) is 9.30. The predicted molar refractivity (Wildman–Crippen MR) is 113 cm³/mol. The summed E-state index contributed by atoms with van der Waals surface area (Å²) >= 11 is 0. The fraction of sp³-hybridized carbons (Fsp3) is 0.500. The number of rotatable bonds is 5. The van der Waals surface area contributed by atoms with Gasteiger partial charge < -0.3 is 14.2 Å². The van der Waals surface area contributed by atoms with Gasteiger partial charge in [-0.2, -0.15) is 0 Å². The zero-order valence-corrected chi connectivity index (χ0v) is 18.3. The molecule has 0 amide bonds. The lowest BCUT2D eigenvalue weighted by Crippen LogP contribution is -2.13. The smallest absolute Gasteiger partial charge is 0.169 e. The zero-order valence-electron chi connectivity index (χ0n) is 18.3. The second kappa shape index (κ2) is 7.84. The Morgan fingerprint density at radius 1 is 0.667 bits per heavy atom. The van der Waals surface area contributed by atoms with Gasteiger partial charge in [-0.1, -0.05) is 53.7 Å². The Hall–Kier alpha value is -2.16. The molecular formula is C24H34O3. The first-order valence-corrected chi connectivity index (χ1v) is 9.59. The van der Waals surface area contributed by atoms with Gasteiger partial charge in [-0.05, 0) is 60.1 Å². The van der Waals surface area contributed by atoms with Crippen molar-refractivity contribution in [3.63, 3.8) is 0 Å². The molecule has 0 aliphatic carbocycles. The van der Waals surface area contributed by atoms with Crippen molar-refractivity contribution >= 4 is 0 Å². The van der Waals surface area contributed by atoms with Crippen LogP contribution in [0.2, 0.25) is 0 Å². The first kappa shape index (κ1) is 21.1. The molecule has 0 heterocycles. The minimum absolute atomic E-state index is 0.0197. The van der Waals surface area contributed by atoms with Crippen molar-refractivity contribution in [2.45, 2.75) is 72.3 Å². The Kier molecular flexibility index (Phi) is 6.14. The SMILES string of the molecule is COc1ccc(C(C)(C)C)cc1Oc1cc(C(C)(C)C)ccc1OC(C)C. The van der Waals surface area contributed by atoms with E-state index in [9.17, 15) is 0 Å². The zero-order chi connectivity index (χ0) is 20.4. The van der Waals surface area contributed by atoms with Crippen molar-refractivity contribution in [1.29, 1.82) is 0 Å². The van der Waals surface area contributed by atoms with Crippen molar-refractivity contribution in [2.75, 3.05) is 7.11 Å². The van der Waals surface area contributed by atoms with Crippen molar-refractivity contribution in [3.05, 3.63) is 47.5 Å². The normalized spacial score (nSPS) is 12.2. The van der Waals surface area contributed by atoms with E-state index in [4.69, 9.17) is 14.2 Å². The molecule has 0 aliphatic rings. The molecule has 2 aromatic carbocycles. The van der Waals surface area contributed by atoms with Crippen LogP contribution in [0.3, 0.4) is 0 Å². The molecule has 148 valence electrons. The summed E-state index contributed by atoms with van der Waals surface area (Å²) < 4.78 is 17.9. The van der Waals surface area contributed by atoms with Crippen LogP contribution in [0.4, 0.5) is 0 Å². The molecule has 0 aromatic heterocycles. The molecule has 3 heteroatoms. The van der Waals surface area contributed by atoms with E-state index in [2.05, 4.69) is 65.8 Å². The van der Waals surface area contributed by atoms with E-state index in [1.807, 2.05) is 26.0 Å². The lowest BCUT2D eigenvalue weighted by atomic mass is 9.86. The van der Waals surface area contributed by atoms with Crippen LogP contribution in [0.15, 0.2) is 36.4 Å². The maximum atomic E-state index is 6.35. The average molecular weight is 371 g/mol. The van der Waals surface area contributed by atoms with Gasteiger partial charge in [0, 0.05) is 0 Å². The van der Waals surface area contributed by atoms with Crippen LogP contribution in [-0.4, -0.2) is 13.2 Å². The molecule has 0 saturated heterocycles. The maximum absolute atomic E-state index is 6.35. The van der Waals surface area contributed by atoms with Crippen LogP contribution in [0, 0.1) is 0 Å². The summed E-state index contributed by atoms with van der Waals surface area (Å²) in [6.45, 7) is 17.2. The molecule has 0 spiro atoms. The van der Waals surface area contributed by atoms with Crippen molar-refractivity contribution in [2.24, 2.45) is 0 Å². The van der Waals surface area contributed by atoms with Crippen molar-refractivity contribution in [3.8, 4) is 23.0 Å². The van der Waals surface area contributed by atoms with E-state index in [0.717, 1.165) is 5.75 Å². The monoisotopic (exact) mass is 370 g/mol. The quantitative estimate of drug-likeness (QED) is 0.575. The van der Waals surface area contributed by atoms with Crippen LogP contribution in [0.5, 0.6) is 23.0 Å². The lowest BCUT2D eigenvalue weighted by Gasteiger charge is -2.24. The molecule has 0 unspecified atom stereocenters. The lowest BCUT2D eigenvalue weighted by molar-refractivity contribution is 0.232. The van der Waals surface area contributed by atoms with Crippen LogP contribution in [0.1, 0.15) is 66.5 Å². The second-order valence-electron chi connectivity index (χ2n) is 9.30. The van der Waals surface area contributed by atoms with Gasteiger partial charge >= 0.3 is 0 Å². The topological polar surface area (TPSA) is 27.7 Å². The van der Waals surface area contributed by atoms with Crippen LogP contribution in [0.25, 0.3) is 0 Å². The third-order valence-corrected chi connectivity index (χ3v) is 4.42. The molecule has 0 fully saturated rings. The van der Waals surface area contributed by atoms with Gasteiger partial charge in [0.1, 0.15) is 0 Å². The van der Waals surface area contributed by atoms with E-state index in [0.29, 0.717) is 17.2 Å². The van der Waals surface area contributed by atoms with E-state index in [-0.39, 0.29) is 16.9 Å². The Morgan fingerprint density at radius 2 is 1.11 bits per heavy atom. The standard InChI is InChI=1S/C24H34O3/c1-16(2)26-20-13-11-18(24(6,7)8)15-22(20)27-21-14-17(23(3,4)5)10-12-19(21)25-9/h10-16H,1-9H3. The van der Waals surface area contributed by atoms with Gasteiger partial charge in [-0.25, -0.2) is 0 Å². The predicted octanol–water partition coefficient (Wildman–Crippen LogP) is 6.87. The highest BCUT2D eigenvalue weighted by atomic mass is 16.5. The van der Waals surface area contributed by atoms with E-state index in [1.54, 1.807) is 7.11 Å². The van der Waals surface area contributed by atoms with Crippen LogP contribution >= 0.6 is 0 Å². The van der Waals surface area contributed by atoms with E-state index in [1.165, 1.54) is 11.1 Å².